The standard InChI is InChI=1S/C17H19BrN2O/c1-12-3-5-14(6-4-12)20-17(21)9-10-19-15-7-8-16(18)13(2)11-15/h3-8,11,19H,9-10H2,1-2H3,(H,20,21). The molecule has 4 heteroatoms. The van der Waals surface area contributed by atoms with E-state index in [0.717, 1.165) is 15.8 Å². The Morgan fingerprint density at radius 1 is 1.05 bits per heavy atom. The molecule has 2 rings (SSSR count). The maximum Gasteiger partial charge on any atom is 0.226 e. The summed E-state index contributed by atoms with van der Waals surface area (Å²) >= 11 is 3.47. The predicted molar refractivity (Wildman–Crippen MR) is 91.8 cm³/mol. The molecule has 0 radical (unpaired) electrons. The van der Waals surface area contributed by atoms with Crippen molar-refractivity contribution < 1.29 is 4.79 Å². The number of hydrogen-bond acceptors (Lipinski definition) is 2. The second-order valence-electron chi connectivity index (χ2n) is 5.05. The molecule has 0 heterocycles. The van der Waals surface area contributed by atoms with Crippen molar-refractivity contribution in [1.29, 1.82) is 0 Å². The number of benzene rings is 2. The van der Waals surface area contributed by atoms with Crippen molar-refractivity contribution in [3.05, 3.63) is 58.1 Å². The Bertz CT molecular complexity index is 623. The first-order valence-corrected chi connectivity index (χ1v) is 7.70. The molecule has 2 N–H and O–H groups in total. The molecule has 0 aliphatic heterocycles. The zero-order valence-electron chi connectivity index (χ0n) is 12.2. The number of anilines is 2. The molecule has 0 saturated heterocycles. The molecule has 3 nitrogen and oxygen atoms in total. The van der Waals surface area contributed by atoms with Crippen LogP contribution in [0, 0.1) is 13.8 Å². The molecule has 2 aromatic carbocycles. The quantitative estimate of drug-likeness (QED) is 0.836. The van der Waals surface area contributed by atoms with E-state index in [1.807, 2.05) is 50.2 Å². The first-order valence-electron chi connectivity index (χ1n) is 6.91. The number of carbonyl (C=O) groups excluding carboxylic acids is 1. The molecule has 0 aromatic heterocycles. The van der Waals surface area contributed by atoms with Crippen molar-refractivity contribution in [2.24, 2.45) is 0 Å². The largest absolute Gasteiger partial charge is 0.385 e. The fourth-order valence-electron chi connectivity index (χ4n) is 1.94. The zero-order valence-corrected chi connectivity index (χ0v) is 13.8. The third kappa shape index (κ3) is 4.90. The Balaban J connectivity index is 1.78. The lowest BCUT2D eigenvalue weighted by Crippen LogP contribution is -2.16. The molecular weight excluding hydrogens is 328 g/mol. The van der Waals surface area contributed by atoms with E-state index in [4.69, 9.17) is 0 Å². The Morgan fingerprint density at radius 2 is 1.71 bits per heavy atom. The van der Waals surface area contributed by atoms with Gasteiger partial charge in [-0.05, 0) is 49.7 Å². The average Bonchev–Trinajstić information content (AvgIpc) is 2.45. The van der Waals surface area contributed by atoms with E-state index in [0.29, 0.717) is 13.0 Å². The summed E-state index contributed by atoms with van der Waals surface area (Å²) in [6.07, 6.45) is 0.434. The summed E-state index contributed by atoms with van der Waals surface area (Å²) in [5, 5.41) is 6.15. The van der Waals surface area contributed by atoms with Crippen LogP contribution in [0.1, 0.15) is 17.5 Å². The maximum atomic E-state index is 11.9. The monoisotopic (exact) mass is 346 g/mol. The lowest BCUT2D eigenvalue weighted by molar-refractivity contribution is -0.115. The fraction of sp³-hybridized carbons (Fsp3) is 0.235. The highest BCUT2D eigenvalue weighted by Crippen LogP contribution is 2.19. The zero-order chi connectivity index (χ0) is 15.2. The van der Waals surface area contributed by atoms with Gasteiger partial charge in [0.2, 0.25) is 5.91 Å². The van der Waals surface area contributed by atoms with Crippen LogP contribution in [0.2, 0.25) is 0 Å². The summed E-state index contributed by atoms with van der Waals surface area (Å²) in [6.45, 7) is 4.67. The van der Waals surface area contributed by atoms with E-state index in [2.05, 4.69) is 32.6 Å². The Hall–Kier alpha value is -1.81. The molecule has 2 aromatic rings. The fourth-order valence-corrected chi connectivity index (χ4v) is 2.18. The van der Waals surface area contributed by atoms with E-state index in [9.17, 15) is 4.79 Å². The van der Waals surface area contributed by atoms with Gasteiger partial charge in [0.15, 0.2) is 0 Å². The van der Waals surface area contributed by atoms with Gasteiger partial charge in [0, 0.05) is 28.8 Å². The van der Waals surface area contributed by atoms with Crippen LogP contribution in [0.3, 0.4) is 0 Å². The van der Waals surface area contributed by atoms with E-state index >= 15 is 0 Å². The summed E-state index contributed by atoms with van der Waals surface area (Å²) in [5.74, 6) is 0.0141. The molecule has 0 aliphatic rings. The number of rotatable bonds is 5. The van der Waals surface area contributed by atoms with Crippen LogP contribution in [0.5, 0.6) is 0 Å². The Labute approximate surface area is 133 Å². The van der Waals surface area contributed by atoms with Gasteiger partial charge in [-0.15, -0.1) is 0 Å². The van der Waals surface area contributed by atoms with Crippen molar-refractivity contribution in [2.45, 2.75) is 20.3 Å². The molecule has 21 heavy (non-hydrogen) atoms. The topological polar surface area (TPSA) is 41.1 Å². The smallest absolute Gasteiger partial charge is 0.226 e. The van der Waals surface area contributed by atoms with Gasteiger partial charge in [-0.2, -0.15) is 0 Å². The highest BCUT2D eigenvalue weighted by molar-refractivity contribution is 9.10. The van der Waals surface area contributed by atoms with Crippen molar-refractivity contribution >= 4 is 33.2 Å². The van der Waals surface area contributed by atoms with Gasteiger partial charge in [0.05, 0.1) is 0 Å². The molecule has 110 valence electrons. The molecule has 0 spiro atoms. The molecule has 0 bridgehead atoms. The first kappa shape index (κ1) is 15.6. The van der Waals surface area contributed by atoms with Crippen LogP contribution in [-0.2, 0) is 4.79 Å². The number of carbonyl (C=O) groups is 1. The summed E-state index contributed by atoms with van der Waals surface area (Å²) in [7, 11) is 0. The van der Waals surface area contributed by atoms with Crippen LogP contribution in [0.4, 0.5) is 11.4 Å². The summed E-state index contributed by atoms with van der Waals surface area (Å²) < 4.78 is 1.09. The Kier molecular flexibility index (Phi) is 5.39. The number of nitrogens with one attached hydrogen (secondary N) is 2. The number of hydrogen-bond donors (Lipinski definition) is 2. The number of halogens is 1. The average molecular weight is 347 g/mol. The minimum absolute atomic E-state index is 0.0141. The van der Waals surface area contributed by atoms with E-state index in [-0.39, 0.29) is 5.91 Å². The van der Waals surface area contributed by atoms with Crippen molar-refractivity contribution in [3.8, 4) is 0 Å². The highest BCUT2D eigenvalue weighted by atomic mass is 79.9. The second-order valence-corrected chi connectivity index (χ2v) is 5.91. The third-order valence-corrected chi connectivity index (χ3v) is 4.06. The minimum Gasteiger partial charge on any atom is -0.385 e. The highest BCUT2D eigenvalue weighted by Gasteiger charge is 2.02. The van der Waals surface area contributed by atoms with Gasteiger partial charge >= 0.3 is 0 Å². The molecule has 0 saturated carbocycles. The summed E-state index contributed by atoms with van der Waals surface area (Å²) in [5.41, 5.74) is 4.22. The number of aryl methyl sites for hydroxylation is 2. The van der Waals surface area contributed by atoms with Crippen LogP contribution >= 0.6 is 15.9 Å². The predicted octanol–water partition coefficient (Wildman–Crippen LogP) is 4.51. The molecular formula is C17H19BrN2O. The molecule has 1 amide bonds. The van der Waals surface area contributed by atoms with Crippen LogP contribution in [-0.4, -0.2) is 12.5 Å². The lowest BCUT2D eigenvalue weighted by Gasteiger charge is -2.09. The van der Waals surface area contributed by atoms with Gasteiger partial charge in [0.25, 0.3) is 0 Å². The Morgan fingerprint density at radius 3 is 2.38 bits per heavy atom. The summed E-state index contributed by atoms with van der Waals surface area (Å²) in [6, 6.07) is 13.9. The minimum atomic E-state index is 0.0141. The van der Waals surface area contributed by atoms with Crippen LogP contribution in [0.15, 0.2) is 46.9 Å². The lowest BCUT2D eigenvalue weighted by atomic mass is 10.2. The van der Waals surface area contributed by atoms with E-state index < -0.39 is 0 Å². The maximum absolute atomic E-state index is 11.9. The van der Waals surface area contributed by atoms with Crippen molar-refractivity contribution in [3.63, 3.8) is 0 Å². The van der Waals surface area contributed by atoms with Gasteiger partial charge in [-0.1, -0.05) is 33.6 Å². The van der Waals surface area contributed by atoms with Crippen molar-refractivity contribution in [1.82, 2.24) is 0 Å². The first-order chi connectivity index (χ1) is 10.0. The molecule has 0 fully saturated rings. The van der Waals surface area contributed by atoms with Gasteiger partial charge in [-0.25, -0.2) is 0 Å². The molecule has 0 unspecified atom stereocenters. The second kappa shape index (κ2) is 7.27. The van der Waals surface area contributed by atoms with Gasteiger partial charge < -0.3 is 10.6 Å². The van der Waals surface area contributed by atoms with Crippen LogP contribution in [0.25, 0.3) is 0 Å². The number of amides is 1. The van der Waals surface area contributed by atoms with E-state index in [1.165, 1.54) is 11.1 Å². The third-order valence-electron chi connectivity index (χ3n) is 3.17. The molecule has 0 atom stereocenters. The van der Waals surface area contributed by atoms with Crippen molar-refractivity contribution in [2.75, 3.05) is 17.2 Å². The van der Waals surface area contributed by atoms with Gasteiger partial charge in [0.1, 0.15) is 0 Å². The van der Waals surface area contributed by atoms with Gasteiger partial charge in [-0.3, -0.25) is 4.79 Å². The SMILES string of the molecule is Cc1ccc(NC(=O)CCNc2ccc(Br)c(C)c2)cc1. The summed E-state index contributed by atoms with van der Waals surface area (Å²) in [4.78, 5) is 11.9. The van der Waals surface area contributed by atoms with Crippen LogP contribution < -0.4 is 10.6 Å². The molecule has 0 aliphatic carbocycles. The normalized spacial score (nSPS) is 10.2. The van der Waals surface area contributed by atoms with E-state index in [1.54, 1.807) is 0 Å².